The van der Waals surface area contributed by atoms with E-state index in [1.165, 1.54) is 6.07 Å². The second-order valence-corrected chi connectivity index (χ2v) is 5.99. The van der Waals surface area contributed by atoms with Crippen LogP contribution in [-0.2, 0) is 11.0 Å². The third-order valence-corrected chi connectivity index (χ3v) is 3.83. The maximum atomic E-state index is 12.7. The van der Waals surface area contributed by atoms with Crippen molar-refractivity contribution in [2.45, 2.75) is 37.9 Å². The van der Waals surface area contributed by atoms with E-state index in [4.69, 9.17) is 0 Å². The quantitative estimate of drug-likeness (QED) is 0.834. The van der Waals surface area contributed by atoms with Crippen LogP contribution in [0, 0.1) is 0 Å². The van der Waals surface area contributed by atoms with Gasteiger partial charge < -0.3 is 10.6 Å². The maximum Gasteiger partial charge on any atom is 0.416 e. The number of amides is 1. The smallest absolute Gasteiger partial charge is 0.325 e. The van der Waals surface area contributed by atoms with E-state index < -0.39 is 11.7 Å². The number of halogens is 4. The van der Waals surface area contributed by atoms with Gasteiger partial charge in [-0.05, 0) is 37.6 Å². The fraction of sp³-hybridized carbons (Fsp3) is 0.500. The minimum atomic E-state index is -4.44. The zero-order valence-electron chi connectivity index (χ0n) is 11.3. The first-order chi connectivity index (χ1) is 9.86. The number of carbonyl (C=O) groups excluding carboxylic acids is 1. The molecule has 0 spiro atoms. The molecule has 1 heterocycles. The number of benzene rings is 1. The molecule has 1 aliphatic rings. The molecule has 1 aliphatic heterocycles. The highest BCUT2D eigenvalue weighted by molar-refractivity contribution is 9.10. The molecule has 21 heavy (non-hydrogen) atoms. The molecule has 0 saturated carbocycles. The average molecular weight is 365 g/mol. The van der Waals surface area contributed by atoms with E-state index >= 15 is 0 Å². The van der Waals surface area contributed by atoms with Crippen LogP contribution in [0.2, 0.25) is 0 Å². The molecule has 2 rings (SSSR count). The third kappa shape index (κ3) is 4.71. The third-order valence-electron chi connectivity index (χ3n) is 3.37. The Kier molecular flexibility index (Phi) is 5.27. The fourth-order valence-corrected chi connectivity index (χ4v) is 2.80. The van der Waals surface area contributed by atoms with Crippen molar-refractivity contribution in [3.63, 3.8) is 0 Å². The molecule has 0 aliphatic carbocycles. The predicted molar refractivity (Wildman–Crippen MR) is 78.0 cm³/mol. The molecule has 1 saturated heterocycles. The summed E-state index contributed by atoms with van der Waals surface area (Å²) in [4.78, 5) is 12.1. The van der Waals surface area contributed by atoms with Crippen molar-refractivity contribution in [2.24, 2.45) is 0 Å². The van der Waals surface area contributed by atoms with Gasteiger partial charge in [0, 0.05) is 10.2 Å². The first-order valence-corrected chi connectivity index (χ1v) is 7.57. The second kappa shape index (κ2) is 6.79. The van der Waals surface area contributed by atoms with Crippen LogP contribution in [0.1, 0.15) is 31.2 Å². The van der Waals surface area contributed by atoms with Gasteiger partial charge in [0.2, 0.25) is 5.91 Å². The van der Waals surface area contributed by atoms with E-state index in [2.05, 4.69) is 26.6 Å². The van der Waals surface area contributed by atoms with Crippen LogP contribution >= 0.6 is 15.9 Å². The normalized spacial score (nSPS) is 19.9. The molecule has 1 aromatic rings. The zero-order chi connectivity index (χ0) is 15.5. The van der Waals surface area contributed by atoms with E-state index in [-0.39, 0.29) is 22.1 Å². The maximum absolute atomic E-state index is 12.7. The number of hydrogen-bond donors (Lipinski definition) is 2. The summed E-state index contributed by atoms with van der Waals surface area (Å²) in [5.74, 6) is -0.289. The van der Waals surface area contributed by atoms with E-state index in [0.29, 0.717) is 6.42 Å². The summed E-state index contributed by atoms with van der Waals surface area (Å²) in [6.45, 7) is 0.754. The van der Waals surface area contributed by atoms with Crippen molar-refractivity contribution in [1.29, 1.82) is 0 Å². The van der Waals surface area contributed by atoms with Crippen LogP contribution in [0.25, 0.3) is 0 Å². The molecular formula is C14H16BrF3N2O. The molecule has 1 fully saturated rings. The average Bonchev–Trinajstić information content (AvgIpc) is 2.65. The van der Waals surface area contributed by atoms with Crippen molar-refractivity contribution in [3.8, 4) is 0 Å². The van der Waals surface area contributed by atoms with Crippen molar-refractivity contribution >= 4 is 27.5 Å². The summed E-state index contributed by atoms with van der Waals surface area (Å²) < 4.78 is 38.5. The van der Waals surface area contributed by atoms with Crippen LogP contribution in [0.3, 0.4) is 0 Å². The number of carbonyl (C=O) groups is 1. The Morgan fingerprint density at radius 3 is 2.71 bits per heavy atom. The molecule has 1 atom stereocenters. The van der Waals surface area contributed by atoms with Crippen molar-refractivity contribution in [3.05, 3.63) is 28.2 Å². The Hall–Kier alpha value is -1.08. The molecule has 0 aromatic heterocycles. The molecule has 0 radical (unpaired) electrons. The van der Waals surface area contributed by atoms with E-state index in [0.717, 1.165) is 37.9 Å². The first kappa shape index (κ1) is 16.3. The molecule has 2 N–H and O–H groups in total. The number of alkyl halides is 3. The summed E-state index contributed by atoms with van der Waals surface area (Å²) in [5, 5.41) is 5.68. The van der Waals surface area contributed by atoms with Gasteiger partial charge in [-0.15, -0.1) is 0 Å². The van der Waals surface area contributed by atoms with Gasteiger partial charge in [0.1, 0.15) is 0 Å². The number of rotatable bonds is 2. The van der Waals surface area contributed by atoms with E-state index in [1.807, 2.05) is 0 Å². The Morgan fingerprint density at radius 2 is 2.00 bits per heavy atom. The van der Waals surface area contributed by atoms with Gasteiger partial charge >= 0.3 is 6.18 Å². The van der Waals surface area contributed by atoms with E-state index in [1.54, 1.807) is 0 Å². The van der Waals surface area contributed by atoms with E-state index in [9.17, 15) is 18.0 Å². The monoisotopic (exact) mass is 364 g/mol. The highest BCUT2D eigenvalue weighted by Gasteiger charge is 2.31. The number of anilines is 1. The molecular weight excluding hydrogens is 349 g/mol. The van der Waals surface area contributed by atoms with Crippen molar-refractivity contribution in [1.82, 2.24) is 5.32 Å². The summed E-state index contributed by atoms with van der Waals surface area (Å²) in [6, 6.07) is 3.05. The Labute approximate surface area is 129 Å². The van der Waals surface area contributed by atoms with Gasteiger partial charge in [0.05, 0.1) is 11.6 Å². The molecule has 1 amide bonds. The van der Waals surface area contributed by atoms with Gasteiger partial charge in [-0.2, -0.15) is 13.2 Å². The minimum absolute atomic E-state index is 0.146. The lowest BCUT2D eigenvalue weighted by molar-refractivity contribution is -0.137. The van der Waals surface area contributed by atoms with Gasteiger partial charge in [-0.25, -0.2) is 0 Å². The lowest BCUT2D eigenvalue weighted by atomic mass is 10.1. The second-order valence-electron chi connectivity index (χ2n) is 5.07. The SMILES string of the molecule is O=C(Nc1cc(Br)cc(C(F)(F)F)c1)C1CCCCCN1. The Bertz CT molecular complexity index is 511. The Morgan fingerprint density at radius 1 is 1.24 bits per heavy atom. The highest BCUT2D eigenvalue weighted by Crippen LogP contribution is 2.33. The predicted octanol–water partition coefficient (Wildman–Crippen LogP) is 3.94. The molecule has 7 heteroatoms. The molecule has 1 aromatic carbocycles. The highest BCUT2D eigenvalue weighted by atomic mass is 79.9. The van der Waals surface area contributed by atoms with Crippen LogP contribution in [0.15, 0.2) is 22.7 Å². The first-order valence-electron chi connectivity index (χ1n) is 6.78. The lowest BCUT2D eigenvalue weighted by Gasteiger charge is -2.16. The molecule has 0 bridgehead atoms. The summed E-state index contributed by atoms with van der Waals surface area (Å²) in [6.07, 6.45) is -0.724. The largest absolute Gasteiger partial charge is 0.416 e. The molecule has 116 valence electrons. The lowest BCUT2D eigenvalue weighted by Crippen LogP contribution is -2.39. The Balaban J connectivity index is 2.11. The number of nitrogens with one attached hydrogen (secondary N) is 2. The standard InChI is InChI=1S/C14H16BrF3N2O/c15-10-6-9(14(16,17)18)7-11(8-10)20-13(21)12-4-2-1-3-5-19-12/h6-8,12,19H,1-5H2,(H,20,21). The minimum Gasteiger partial charge on any atom is -0.325 e. The van der Waals surface area contributed by atoms with Gasteiger partial charge in [-0.3, -0.25) is 4.79 Å². The van der Waals surface area contributed by atoms with Gasteiger partial charge in [0.15, 0.2) is 0 Å². The van der Waals surface area contributed by atoms with Crippen molar-refractivity contribution in [2.75, 3.05) is 11.9 Å². The van der Waals surface area contributed by atoms with Gasteiger partial charge in [0.25, 0.3) is 0 Å². The van der Waals surface area contributed by atoms with Crippen LogP contribution in [0.4, 0.5) is 18.9 Å². The van der Waals surface area contributed by atoms with Crippen LogP contribution in [0.5, 0.6) is 0 Å². The molecule has 3 nitrogen and oxygen atoms in total. The summed E-state index contributed by atoms with van der Waals surface area (Å²) >= 11 is 3.04. The fourth-order valence-electron chi connectivity index (χ4n) is 2.31. The zero-order valence-corrected chi connectivity index (χ0v) is 12.9. The van der Waals surface area contributed by atoms with Gasteiger partial charge in [-0.1, -0.05) is 28.8 Å². The van der Waals surface area contributed by atoms with Crippen LogP contribution < -0.4 is 10.6 Å². The van der Waals surface area contributed by atoms with Crippen LogP contribution in [-0.4, -0.2) is 18.5 Å². The summed E-state index contributed by atoms with van der Waals surface area (Å²) in [5.41, 5.74) is -0.645. The molecule has 1 unspecified atom stereocenters. The summed E-state index contributed by atoms with van der Waals surface area (Å²) in [7, 11) is 0. The topological polar surface area (TPSA) is 41.1 Å². The van der Waals surface area contributed by atoms with Crippen molar-refractivity contribution < 1.29 is 18.0 Å². The number of hydrogen-bond acceptors (Lipinski definition) is 2.